The summed E-state index contributed by atoms with van der Waals surface area (Å²) in [6.45, 7) is 3.04. The van der Waals surface area contributed by atoms with Crippen LogP contribution in [0.15, 0.2) is 36.4 Å². The Morgan fingerprint density at radius 1 is 1.22 bits per heavy atom. The number of nitrogens with one attached hydrogen (secondary N) is 1. The predicted molar refractivity (Wildman–Crippen MR) is 88.9 cm³/mol. The van der Waals surface area contributed by atoms with Gasteiger partial charge >= 0.3 is 0 Å². The lowest BCUT2D eigenvalue weighted by atomic mass is 10.1. The average molecular weight is 316 g/mol. The van der Waals surface area contributed by atoms with Crippen molar-refractivity contribution in [3.8, 4) is 0 Å². The van der Waals surface area contributed by atoms with Crippen molar-refractivity contribution in [3.05, 3.63) is 47.8 Å². The Balaban J connectivity index is 1.93. The molecule has 0 aliphatic rings. The van der Waals surface area contributed by atoms with Crippen LogP contribution in [-0.2, 0) is 11.2 Å². The van der Waals surface area contributed by atoms with Crippen LogP contribution in [0.2, 0.25) is 0 Å². The maximum atomic E-state index is 13.5. The molecule has 0 radical (unpaired) electrons. The molecule has 0 unspecified atom stereocenters. The number of carbonyl (C=O) groups excluding carboxylic acids is 1. The molecule has 0 bridgehead atoms. The number of aromatic nitrogens is 2. The molecule has 0 spiro atoms. The van der Waals surface area contributed by atoms with E-state index in [4.69, 9.17) is 0 Å². The first-order chi connectivity index (χ1) is 11.1. The van der Waals surface area contributed by atoms with Gasteiger partial charge in [0.15, 0.2) is 11.6 Å². The Labute approximate surface area is 135 Å². The minimum atomic E-state index is -0.387. The van der Waals surface area contributed by atoms with Gasteiger partial charge in [0.1, 0.15) is 5.82 Å². The monoisotopic (exact) mass is 316 g/mol. The predicted octanol–water partition coefficient (Wildman–Crippen LogP) is 3.03. The van der Waals surface area contributed by atoms with Crippen molar-refractivity contribution in [2.24, 2.45) is 0 Å². The second kappa shape index (κ2) is 8.22. The normalized spacial score (nSPS) is 10.4. The van der Waals surface area contributed by atoms with Crippen molar-refractivity contribution in [2.45, 2.75) is 26.2 Å². The van der Waals surface area contributed by atoms with E-state index in [2.05, 4.69) is 22.4 Å². The summed E-state index contributed by atoms with van der Waals surface area (Å²) in [4.78, 5) is 14.0. The fourth-order valence-corrected chi connectivity index (χ4v) is 2.11. The van der Waals surface area contributed by atoms with Gasteiger partial charge in [-0.25, -0.2) is 4.39 Å². The zero-order valence-electron chi connectivity index (χ0n) is 13.4. The molecule has 1 aromatic heterocycles. The summed E-state index contributed by atoms with van der Waals surface area (Å²) in [5, 5.41) is 10.7. The summed E-state index contributed by atoms with van der Waals surface area (Å²) in [5.74, 6) is 0.405. The lowest BCUT2D eigenvalue weighted by Crippen LogP contribution is -2.21. The minimum absolute atomic E-state index is 0.0352. The van der Waals surface area contributed by atoms with Crippen molar-refractivity contribution >= 4 is 17.5 Å². The van der Waals surface area contributed by atoms with E-state index in [-0.39, 0.29) is 18.1 Å². The molecule has 0 saturated heterocycles. The molecule has 0 aliphatic heterocycles. The minimum Gasteiger partial charge on any atom is -0.358 e. The number of rotatable bonds is 7. The summed E-state index contributed by atoms with van der Waals surface area (Å²) in [5.41, 5.74) is 0.355. The van der Waals surface area contributed by atoms with Crippen molar-refractivity contribution in [3.63, 3.8) is 0 Å². The molecular formula is C17H21FN4O. The van der Waals surface area contributed by atoms with Gasteiger partial charge in [0.2, 0.25) is 5.91 Å². The number of carbonyl (C=O) groups is 1. The Hall–Kier alpha value is -2.50. The SMILES string of the molecule is CCCCN(C)c1ccc(NC(=O)Cc2ccccc2F)nn1. The van der Waals surface area contributed by atoms with Crippen molar-refractivity contribution in [1.29, 1.82) is 0 Å². The van der Waals surface area contributed by atoms with Crippen LogP contribution >= 0.6 is 0 Å². The Kier molecular flexibility index (Phi) is 6.02. The van der Waals surface area contributed by atoms with Crippen LogP contribution in [0.5, 0.6) is 0 Å². The van der Waals surface area contributed by atoms with Gasteiger partial charge in [-0.15, -0.1) is 10.2 Å². The van der Waals surface area contributed by atoms with E-state index in [0.29, 0.717) is 11.4 Å². The fraction of sp³-hybridized carbons (Fsp3) is 0.353. The maximum absolute atomic E-state index is 13.5. The van der Waals surface area contributed by atoms with Crippen LogP contribution in [-0.4, -0.2) is 29.7 Å². The molecular weight excluding hydrogens is 295 g/mol. The molecule has 0 fully saturated rings. The van der Waals surface area contributed by atoms with Gasteiger partial charge < -0.3 is 10.2 Å². The molecule has 0 saturated carbocycles. The number of unbranched alkanes of at least 4 members (excludes halogenated alkanes) is 1. The third-order valence-electron chi connectivity index (χ3n) is 3.46. The number of benzene rings is 1. The molecule has 5 nitrogen and oxygen atoms in total. The zero-order valence-corrected chi connectivity index (χ0v) is 13.4. The van der Waals surface area contributed by atoms with E-state index in [1.165, 1.54) is 6.07 Å². The largest absolute Gasteiger partial charge is 0.358 e. The highest BCUT2D eigenvalue weighted by atomic mass is 19.1. The highest BCUT2D eigenvalue weighted by molar-refractivity contribution is 5.91. The second-order valence-corrected chi connectivity index (χ2v) is 5.37. The van der Waals surface area contributed by atoms with Gasteiger partial charge in [-0.1, -0.05) is 31.5 Å². The van der Waals surface area contributed by atoms with Crippen LogP contribution in [0.4, 0.5) is 16.0 Å². The molecule has 23 heavy (non-hydrogen) atoms. The van der Waals surface area contributed by atoms with Gasteiger partial charge in [-0.05, 0) is 30.2 Å². The molecule has 2 aromatic rings. The van der Waals surface area contributed by atoms with E-state index in [9.17, 15) is 9.18 Å². The lowest BCUT2D eigenvalue weighted by molar-refractivity contribution is -0.115. The number of amides is 1. The van der Waals surface area contributed by atoms with Gasteiger partial charge in [0, 0.05) is 13.6 Å². The number of hydrogen-bond donors (Lipinski definition) is 1. The van der Waals surface area contributed by atoms with Crippen LogP contribution in [0.1, 0.15) is 25.3 Å². The quantitative estimate of drug-likeness (QED) is 0.853. The molecule has 6 heteroatoms. The van der Waals surface area contributed by atoms with Crippen molar-refractivity contribution in [1.82, 2.24) is 10.2 Å². The summed E-state index contributed by atoms with van der Waals surface area (Å²) in [6.07, 6.45) is 2.16. The third kappa shape index (κ3) is 5.02. The maximum Gasteiger partial charge on any atom is 0.230 e. The fourth-order valence-electron chi connectivity index (χ4n) is 2.11. The smallest absolute Gasteiger partial charge is 0.230 e. The Bertz CT molecular complexity index is 645. The van der Waals surface area contributed by atoms with Gasteiger partial charge in [-0.2, -0.15) is 0 Å². The molecule has 1 amide bonds. The summed E-state index contributed by atoms with van der Waals surface area (Å²) in [7, 11) is 1.95. The van der Waals surface area contributed by atoms with Gasteiger partial charge in [-0.3, -0.25) is 4.79 Å². The van der Waals surface area contributed by atoms with Gasteiger partial charge in [0.25, 0.3) is 0 Å². The van der Waals surface area contributed by atoms with Gasteiger partial charge in [0.05, 0.1) is 6.42 Å². The molecule has 0 aliphatic carbocycles. The second-order valence-electron chi connectivity index (χ2n) is 5.37. The van der Waals surface area contributed by atoms with Crippen molar-refractivity contribution in [2.75, 3.05) is 23.8 Å². The topological polar surface area (TPSA) is 58.1 Å². The van der Waals surface area contributed by atoms with Crippen LogP contribution < -0.4 is 10.2 Å². The summed E-state index contributed by atoms with van der Waals surface area (Å²) < 4.78 is 13.5. The van der Waals surface area contributed by atoms with E-state index in [1.807, 2.05) is 11.9 Å². The van der Waals surface area contributed by atoms with E-state index in [1.54, 1.807) is 30.3 Å². The molecule has 122 valence electrons. The van der Waals surface area contributed by atoms with Crippen molar-refractivity contribution < 1.29 is 9.18 Å². The third-order valence-corrected chi connectivity index (χ3v) is 3.46. The number of nitrogens with zero attached hydrogens (tertiary/aromatic N) is 3. The standard InChI is InChI=1S/C17H21FN4O/c1-3-4-11-22(2)16-10-9-15(20-21-16)19-17(23)12-13-7-5-6-8-14(13)18/h5-10H,3-4,11-12H2,1-2H3,(H,19,20,23). The average Bonchev–Trinajstić information content (AvgIpc) is 2.55. The van der Waals surface area contributed by atoms with E-state index < -0.39 is 0 Å². The number of hydrogen-bond acceptors (Lipinski definition) is 4. The molecule has 2 rings (SSSR count). The molecule has 0 atom stereocenters. The summed E-state index contributed by atoms with van der Waals surface area (Å²) in [6, 6.07) is 9.73. The molecule has 1 N–H and O–H groups in total. The molecule has 1 heterocycles. The highest BCUT2D eigenvalue weighted by Gasteiger charge is 2.09. The van der Waals surface area contributed by atoms with Crippen LogP contribution in [0, 0.1) is 5.82 Å². The first-order valence-electron chi connectivity index (χ1n) is 7.68. The molecule has 1 aromatic carbocycles. The number of halogens is 1. The van der Waals surface area contributed by atoms with E-state index in [0.717, 1.165) is 25.2 Å². The lowest BCUT2D eigenvalue weighted by Gasteiger charge is -2.17. The Morgan fingerprint density at radius 3 is 2.65 bits per heavy atom. The van der Waals surface area contributed by atoms with Crippen LogP contribution in [0.3, 0.4) is 0 Å². The summed E-state index contributed by atoms with van der Waals surface area (Å²) >= 11 is 0. The van der Waals surface area contributed by atoms with Crippen LogP contribution in [0.25, 0.3) is 0 Å². The van der Waals surface area contributed by atoms with E-state index >= 15 is 0 Å². The first-order valence-corrected chi connectivity index (χ1v) is 7.68. The highest BCUT2D eigenvalue weighted by Crippen LogP contribution is 2.12. The Morgan fingerprint density at radius 2 is 2.00 bits per heavy atom. The first kappa shape index (κ1) is 16.9. The number of anilines is 2. The zero-order chi connectivity index (χ0) is 16.7.